The number of nitrogens with one attached hydrogen (secondary N) is 2. The molecule has 0 aliphatic carbocycles. The number of pyridine rings is 1. The summed E-state index contributed by atoms with van der Waals surface area (Å²) in [6, 6.07) is 15.2. The monoisotopic (exact) mass is 469 g/mol. The van der Waals surface area contributed by atoms with Crippen molar-refractivity contribution < 1.29 is 14.3 Å². The lowest BCUT2D eigenvalue weighted by Gasteiger charge is -2.15. The highest BCUT2D eigenvalue weighted by atomic mass is 16.5. The number of hydrogen-bond donors (Lipinski definition) is 2. The Morgan fingerprint density at radius 1 is 1.11 bits per heavy atom. The van der Waals surface area contributed by atoms with Gasteiger partial charge >= 0.3 is 0 Å². The first kappa shape index (κ1) is 25.0. The predicted octanol–water partition coefficient (Wildman–Crippen LogP) is 4.25. The van der Waals surface area contributed by atoms with Gasteiger partial charge in [0.2, 0.25) is 0 Å². The zero-order valence-corrected chi connectivity index (χ0v) is 19.9. The van der Waals surface area contributed by atoms with Crippen LogP contribution in [0, 0.1) is 12.3 Å². The van der Waals surface area contributed by atoms with E-state index < -0.39 is 5.91 Å². The first-order valence-electron chi connectivity index (χ1n) is 11.0. The number of hydrogen-bond acceptors (Lipinski definition) is 6. The van der Waals surface area contributed by atoms with Crippen molar-refractivity contribution in [2.75, 3.05) is 31.3 Å². The maximum Gasteiger partial charge on any atom is 0.259 e. The minimum absolute atomic E-state index is 0.225. The molecule has 0 radical (unpaired) electrons. The zero-order valence-electron chi connectivity index (χ0n) is 19.9. The number of methoxy groups -OCH3 is 1. The van der Waals surface area contributed by atoms with E-state index in [9.17, 15) is 9.59 Å². The van der Waals surface area contributed by atoms with Crippen LogP contribution >= 0.6 is 0 Å². The van der Waals surface area contributed by atoms with E-state index in [0.717, 1.165) is 18.5 Å². The number of nitrogens with zero attached hydrogens (tertiary/aromatic N) is 3. The molecule has 0 bridgehead atoms. The molecule has 0 saturated heterocycles. The Hall–Kier alpha value is -4.64. The van der Waals surface area contributed by atoms with Crippen molar-refractivity contribution >= 4 is 29.5 Å². The van der Waals surface area contributed by atoms with Gasteiger partial charge in [-0.05, 0) is 48.4 Å². The number of aromatic nitrogens is 1. The summed E-state index contributed by atoms with van der Waals surface area (Å²) < 4.78 is 5.39. The molecule has 0 spiro atoms. The fourth-order valence-corrected chi connectivity index (χ4v) is 3.21. The van der Waals surface area contributed by atoms with Gasteiger partial charge in [-0.15, -0.1) is 6.42 Å². The van der Waals surface area contributed by atoms with E-state index in [0.29, 0.717) is 22.7 Å². The number of anilines is 2. The molecule has 1 heterocycles. The standard InChI is InChI=1S/C27H27N5O3/c1-5-16-32(3)29-18-20-10-13-21(14-11-20)26(33)31-25-22(8-7-9-23(25)35-4)27(34)30-24-15-12-19(6-2)17-28-24/h2,7-15,17-18H,5,16H2,1,3-4H3,(H,31,33)(H,28,30,34)/b29-18+. The fraction of sp³-hybridized carbons (Fsp3) is 0.185. The minimum atomic E-state index is -0.456. The SMILES string of the molecule is C#Cc1ccc(NC(=O)c2cccc(OC)c2NC(=O)c2ccc(/C=N/N(C)CCC)cc2)nc1. The second-order valence-electron chi connectivity index (χ2n) is 7.62. The molecule has 0 fully saturated rings. The lowest BCUT2D eigenvalue weighted by Crippen LogP contribution is -2.19. The van der Waals surface area contributed by atoms with Crippen LogP contribution in [0.1, 0.15) is 45.2 Å². The van der Waals surface area contributed by atoms with Crippen molar-refractivity contribution in [3.05, 3.63) is 83.0 Å². The number of rotatable bonds is 9. The highest BCUT2D eigenvalue weighted by Crippen LogP contribution is 2.29. The molecule has 0 saturated carbocycles. The second kappa shape index (κ2) is 12.0. The van der Waals surface area contributed by atoms with Crippen LogP contribution in [-0.2, 0) is 0 Å². The number of terminal acetylenes is 1. The summed E-state index contributed by atoms with van der Waals surface area (Å²) in [6.07, 6.45) is 9.58. The van der Waals surface area contributed by atoms with Gasteiger partial charge in [0.25, 0.3) is 11.8 Å². The normalized spacial score (nSPS) is 10.5. The van der Waals surface area contributed by atoms with Crippen LogP contribution in [0.3, 0.4) is 0 Å². The lowest BCUT2D eigenvalue weighted by atomic mass is 10.1. The predicted molar refractivity (Wildman–Crippen MR) is 138 cm³/mol. The van der Waals surface area contributed by atoms with Crippen molar-refractivity contribution in [3.63, 3.8) is 0 Å². The molecule has 35 heavy (non-hydrogen) atoms. The molecule has 0 atom stereocenters. The molecule has 2 aromatic carbocycles. The molecule has 3 aromatic rings. The van der Waals surface area contributed by atoms with E-state index >= 15 is 0 Å². The molecule has 1 aromatic heterocycles. The summed E-state index contributed by atoms with van der Waals surface area (Å²) in [7, 11) is 3.38. The van der Waals surface area contributed by atoms with Gasteiger partial charge in [-0.1, -0.05) is 31.0 Å². The molecule has 0 aliphatic rings. The summed E-state index contributed by atoms with van der Waals surface area (Å²) in [6.45, 7) is 2.95. The lowest BCUT2D eigenvalue weighted by molar-refractivity contribution is 0.102. The Labute approximate surface area is 205 Å². The van der Waals surface area contributed by atoms with Crippen molar-refractivity contribution in [1.82, 2.24) is 9.99 Å². The Balaban J connectivity index is 1.78. The number of hydrazone groups is 1. The van der Waals surface area contributed by atoms with Gasteiger partial charge in [-0.3, -0.25) is 9.59 Å². The smallest absolute Gasteiger partial charge is 0.259 e. The van der Waals surface area contributed by atoms with Crippen molar-refractivity contribution in [3.8, 4) is 18.1 Å². The first-order chi connectivity index (χ1) is 16.9. The molecule has 0 aliphatic heterocycles. The maximum absolute atomic E-state index is 13.0. The van der Waals surface area contributed by atoms with Crippen LogP contribution in [0.15, 0.2) is 65.9 Å². The van der Waals surface area contributed by atoms with Crippen LogP contribution in [-0.4, -0.2) is 48.7 Å². The number of benzene rings is 2. The van der Waals surface area contributed by atoms with Crippen LogP contribution in [0.25, 0.3) is 0 Å². The van der Waals surface area contributed by atoms with E-state index in [-0.39, 0.29) is 17.2 Å². The van der Waals surface area contributed by atoms with Gasteiger partial charge in [0.1, 0.15) is 11.6 Å². The van der Waals surface area contributed by atoms with Gasteiger partial charge in [0, 0.05) is 30.9 Å². The Kier molecular flexibility index (Phi) is 8.57. The summed E-state index contributed by atoms with van der Waals surface area (Å²) >= 11 is 0. The molecular formula is C27H27N5O3. The van der Waals surface area contributed by atoms with Gasteiger partial charge in [-0.2, -0.15) is 5.10 Å². The molecule has 3 rings (SSSR count). The fourth-order valence-electron chi connectivity index (χ4n) is 3.21. The van der Waals surface area contributed by atoms with E-state index in [1.54, 1.807) is 60.8 Å². The van der Waals surface area contributed by atoms with Gasteiger partial charge in [-0.25, -0.2) is 4.98 Å². The third kappa shape index (κ3) is 6.68. The average molecular weight is 470 g/mol. The summed E-state index contributed by atoms with van der Waals surface area (Å²) in [5, 5.41) is 11.7. The summed E-state index contributed by atoms with van der Waals surface area (Å²) in [5.41, 5.74) is 2.37. The number of para-hydroxylation sites is 1. The Morgan fingerprint density at radius 2 is 1.89 bits per heavy atom. The van der Waals surface area contributed by atoms with Gasteiger partial charge in [0.05, 0.1) is 24.6 Å². The number of ether oxygens (including phenoxy) is 1. The molecule has 8 heteroatoms. The molecule has 2 amide bonds. The van der Waals surface area contributed by atoms with Gasteiger partial charge in [0.15, 0.2) is 0 Å². The molecule has 178 valence electrons. The van der Waals surface area contributed by atoms with Crippen molar-refractivity contribution in [2.24, 2.45) is 5.10 Å². The van der Waals surface area contributed by atoms with Crippen LogP contribution in [0.2, 0.25) is 0 Å². The highest BCUT2D eigenvalue weighted by molar-refractivity contribution is 6.13. The van der Waals surface area contributed by atoms with Crippen LogP contribution in [0.5, 0.6) is 5.75 Å². The minimum Gasteiger partial charge on any atom is -0.495 e. The largest absolute Gasteiger partial charge is 0.495 e. The van der Waals surface area contributed by atoms with Gasteiger partial charge < -0.3 is 20.4 Å². The molecular weight excluding hydrogens is 442 g/mol. The highest BCUT2D eigenvalue weighted by Gasteiger charge is 2.19. The number of carbonyl (C=O) groups excluding carboxylic acids is 2. The number of carbonyl (C=O) groups is 2. The van der Waals surface area contributed by atoms with E-state index in [1.165, 1.54) is 13.3 Å². The van der Waals surface area contributed by atoms with E-state index in [4.69, 9.17) is 11.2 Å². The number of amides is 2. The van der Waals surface area contributed by atoms with Crippen molar-refractivity contribution in [1.29, 1.82) is 0 Å². The summed E-state index contributed by atoms with van der Waals surface area (Å²) in [4.78, 5) is 30.1. The summed E-state index contributed by atoms with van der Waals surface area (Å²) in [5.74, 6) is 2.31. The first-order valence-corrected chi connectivity index (χ1v) is 11.0. The van der Waals surface area contributed by atoms with E-state index in [2.05, 4.69) is 33.6 Å². The Morgan fingerprint density at radius 3 is 2.51 bits per heavy atom. The van der Waals surface area contributed by atoms with E-state index in [1.807, 2.05) is 12.1 Å². The van der Waals surface area contributed by atoms with Crippen LogP contribution in [0.4, 0.5) is 11.5 Å². The third-order valence-electron chi connectivity index (χ3n) is 5.03. The quantitative estimate of drug-likeness (QED) is 0.277. The Bertz CT molecular complexity index is 1250. The molecule has 0 unspecified atom stereocenters. The zero-order chi connectivity index (χ0) is 25.2. The second-order valence-corrected chi connectivity index (χ2v) is 7.62. The molecule has 2 N–H and O–H groups in total. The topological polar surface area (TPSA) is 95.9 Å². The third-order valence-corrected chi connectivity index (χ3v) is 5.03. The molecule has 8 nitrogen and oxygen atoms in total. The van der Waals surface area contributed by atoms with Crippen molar-refractivity contribution in [2.45, 2.75) is 13.3 Å². The average Bonchev–Trinajstić information content (AvgIpc) is 2.88. The maximum atomic E-state index is 13.0. The van der Waals surface area contributed by atoms with Crippen LogP contribution < -0.4 is 15.4 Å².